The van der Waals surface area contributed by atoms with Crippen molar-refractivity contribution in [2.75, 3.05) is 5.75 Å². The second-order valence-corrected chi connectivity index (χ2v) is 6.30. The highest BCUT2D eigenvalue weighted by molar-refractivity contribution is 7.99. The van der Waals surface area contributed by atoms with Gasteiger partial charge in [-0.15, -0.1) is 11.8 Å². The Bertz CT molecular complexity index is 535. The number of aromatic nitrogens is 2. The zero-order valence-corrected chi connectivity index (χ0v) is 13.6. The van der Waals surface area contributed by atoms with Crippen molar-refractivity contribution in [1.29, 1.82) is 0 Å². The van der Waals surface area contributed by atoms with Crippen LogP contribution in [0.1, 0.15) is 37.7 Å². The molecule has 2 rings (SSSR count). The Kier molecular flexibility index (Phi) is 6.29. The lowest BCUT2D eigenvalue weighted by Gasteiger charge is -2.17. The summed E-state index contributed by atoms with van der Waals surface area (Å²) in [5, 5.41) is 0. The van der Waals surface area contributed by atoms with Crippen molar-refractivity contribution in [2.24, 2.45) is 5.84 Å². The van der Waals surface area contributed by atoms with Gasteiger partial charge in [0.05, 0.1) is 6.04 Å². The number of benzene rings is 1. The van der Waals surface area contributed by atoms with Gasteiger partial charge >= 0.3 is 0 Å². The van der Waals surface area contributed by atoms with Gasteiger partial charge in [-0.2, -0.15) is 0 Å². The standard InChI is InChI=1S/C16H24N4S/c1-3-10-20-11-9-18-16(20)12-15(19-17)13-5-7-14(8-6-13)21-4-2/h5-9,11,15,19H,3-4,10,12,17H2,1-2H3. The lowest BCUT2D eigenvalue weighted by atomic mass is 10.0. The summed E-state index contributed by atoms with van der Waals surface area (Å²) in [5.74, 6) is 7.92. The van der Waals surface area contributed by atoms with E-state index < -0.39 is 0 Å². The SMILES string of the molecule is CCCn1ccnc1CC(NN)c1ccc(SCC)cc1. The smallest absolute Gasteiger partial charge is 0.110 e. The van der Waals surface area contributed by atoms with Crippen LogP contribution in [0.3, 0.4) is 0 Å². The third-order valence-electron chi connectivity index (χ3n) is 3.45. The molecule has 1 unspecified atom stereocenters. The number of nitrogens with zero attached hydrogens (tertiary/aromatic N) is 2. The van der Waals surface area contributed by atoms with E-state index in [-0.39, 0.29) is 6.04 Å². The van der Waals surface area contributed by atoms with E-state index >= 15 is 0 Å². The van der Waals surface area contributed by atoms with Gasteiger partial charge in [-0.25, -0.2) is 4.98 Å². The zero-order chi connectivity index (χ0) is 15.1. The molecule has 0 bridgehead atoms. The summed E-state index contributed by atoms with van der Waals surface area (Å²) in [6.45, 7) is 5.33. The minimum atomic E-state index is 0.0867. The number of imidazole rings is 1. The van der Waals surface area contributed by atoms with Crippen molar-refractivity contribution in [3.05, 3.63) is 48.0 Å². The number of nitrogens with one attached hydrogen (secondary N) is 1. The molecule has 4 nitrogen and oxygen atoms in total. The van der Waals surface area contributed by atoms with Crippen molar-refractivity contribution in [2.45, 2.75) is 44.2 Å². The lowest BCUT2D eigenvalue weighted by molar-refractivity contribution is 0.517. The lowest BCUT2D eigenvalue weighted by Crippen LogP contribution is -2.30. The topological polar surface area (TPSA) is 55.9 Å². The number of thioether (sulfide) groups is 1. The quantitative estimate of drug-likeness (QED) is 0.447. The number of hydrogen-bond acceptors (Lipinski definition) is 4. The van der Waals surface area contributed by atoms with Gasteiger partial charge in [0, 0.05) is 30.3 Å². The van der Waals surface area contributed by atoms with Gasteiger partial charge in [0.2, 0.25) is 0 Å². The number of nitrogens with two attached hydrogens (primary N) is 1. The molecule has 0 fully saturated rings. The molecule has 1 heterocycles. The fourth-order valence-electron chi connectivity index (χ4n) is 2.39. The fraction of sp³-hybridized carbons (Fsp3) is 0.438. The molecule has 1 atom stereocenters. The second kappa shape index (κ2) is 8.22. The largest absolute Gasteiger partial charge is 0.335 e. The van der Waals surface area contributed by atoms with Crippen LogP contribution in [0.2, 0.25) is 0 Å². The van der Waals surface area contributed by atoms with Crippen LogP contribution in [0.5, 0.6) is 0 Å². The number of aryl methyl sites for hydroxylation is 1. The van der Waals surface area contributed by atoms with Crippen molar-refractivity contribution < 1.29 is 0 Å². The fourth-order valence-corrected chi connectivity index (χ4v) is 3.05. The van der Waals surface area contributed by atoms with Crippen molar-refractivity contribution in [3.8, 4) is 0 Å². The maximum Gasteiger partial charge on any atom is 0.110 e. The van der Waals surface area contributed by atoms with E-state index in [9.17, 15) is 0 Å². The molecule has 0 saturated carbocycles. The minimum absolute atomic E-state index is 0.0867. The van der Waals surface area contributed by atoms with E-state index in [0.29, 0.717) is 0 Å². The molecule has 0 aliphatic heterocycles. The average molecular weight is 304 g/mol. The third-order valence-corrected chi connectivity index (χ3v) is 4.34. The first-order valence-corrected chi connectivity index (χ1v) is 8.45. The summed E-state index contributed by atoms with van der Waals surface area (Å²) in [4.78, 5) is 5.75. The molecule has 0 radical (unpaired) electrons. The summed E-state index contributed by atoms with van der Waals surface area (Å²) >= 11 is 1.85. The molecule has 2 aromatic rings. The van der Waals surface area contributed by atoms with Crippen LogP contribution in [0.4, 0.5) is 0 Å². The molecular formula is C16H24N4S. The van der Waals surface area contributed by atoms with Gasteiger partial charge in [-0.1, -0.05) is 26.0 Å². The van der Waals surface area contributed by atoms with E-state index in [4.69, 9.17) is 5.84 Å². The van der Waals surface area contributed by atoms with E-state index in [2.05, 4.69) is 53.1 Å². The zero-order valence-electron chi connectivity index (χ0n) is 12.7. The molecule has 5 heteroatoms. The Balaban J connectivity index is 2.10. The number of hydrogen-bond donors (Lipinski definition) is 2. The summed E-state index contributed by atoms with van der Waals surface area (Å²) in [6.07, 6.45) is 5.80. The van der Waals surface area contributed by atoms with Crippen LogP contribution < -0.4 is 11.3 Å². The first kappa shape index (κ1) is 16.1. The molecule has 3 N–H and O–H groups in total. The Hall–Kier alpha value is -1.30. The minimum Gasteiger partial charge on any atom is -0.335 e. The van der Waals surface area contributed by atoms with Gasteiger partial charge in [0.1, 0.15) is 5.82 Å². The first-order chi connectivity index (χ1) is 10.3. The predicted octanol–water partition coefficient (Wildman–Crippen LogP) is 3.15. The van der Waals surface area contributed by atoms with Crippen LogP contribution >= 0.6 is 11.8 Å². The molecule has 1 aromatic heterocycles. The van der Waals surface area contributed by atoms with Crippen LogP contribution in [0, 0.1) is 0 Å². The molecule has 0 spiro atoms. The van der Waals surface area contributed by atoms with Gasteiger partial charge in [0.15, 0.2) is 0 Å². The highest BCUT2D eigenvalue weighted by Gasteiger charge is 2.14. The second-order valence-electron chi connectivity index (χ2n) is 4.96. The maximum absolute atomic E-state index is 5.75. The van der Waals surface area contributed by atoms with Gasteiger partial charge in [0.25, 0.3) is 0 Å². The Labute approximate surface area is 131 Å². The van der Waals surface area contributed by atoms with Crippen LogP contribution in [-0.2, 0) is 13.0 Å². The molecular weight excluding hydrogens is 280 g/mol. The maximum atomic E-state index is 5.75. The highest BCUT2D eigenvalue weighted by atomic mass is 32.2. The van der Waals surface area contributed by atoms with E-state index in [1.807, 2.05) is 24.2 Å². The highest BCUT2D eigenvalue weighted by Crippen LogP contribution is 2.22. The number of rotatable bonds is 8. The summed E-state index contributed by atoms with van der Waals surface area (Å²) < 4.78 is 2.20. The van der Waals surface area contributed by atoms with Crippen molar-refractivity contribution in [3.63, 3.8) is 0 Å². The van der Waals surface area contributed by atoms with Crippen molar-refractivity contribution in [1.82, 2.24) is 15.0 Å². The summed E-state index contributed by atoms with van der Waals surface area (Å²) in [6, 6.07) is 8.70. The molecule has 1 aromatic carbocycles. The first-order valence-electron chi connectivity index (χ1n) is 7.47. The molecule has 0 saturated heterocycles. The molecule has 0 aliphatic rings. The Morgan fingerprint density at radius 1 is 1.29 bits per heavy atom. The van der Waals surface area contributed by atoms with E-state index in [1.54, 1.807) is 0 Å². The predicted molar refractivity (Wildman–Crippen MR) is 89.1 cm³/mol. The van der Waals surface area contributed by atoms with Crippen molar-refractivity contribution >= 4 is 11.8 Å². The molecule has 0 amide bonds. The third kappa shape index (κ3) is 4.33. The normalized spacial score (nSPS) is 12.5. The number of hydrazine groups is 1. The van der Waals surface area contributed by atoms with Gasteiger partial charge in [-0.3, -0.25) is 11.3 Å². The average Bonchev–Trinajstić information content (AvgIpc) is 2.94. The Morgan fingerprint density at radius 2 is 2.05 bits per heavy atom. The van der Waals surface area contributed by atoms with Gasteiger partial charge in [-0.05, 0) is 29.9 Å². The summed E-state index contributed by atoms with van der Waals surface area (Å²) in [5.41, 5.74) is 4.12. The van der Waals surface area contributed by atoms with E-state index in [1.165, 1.54) is 10.5 Å². The van der Waals surface area contributed by atoms with E-state index in [0.717, 1.165) is 31.0 Å². The molecule has 114 valence electrons. The summed E-state index contributed by atoms with van der Waals surface area (Å²) in [7, 11) is 0. The monoisotopic (exact) mass is 304 g/mol. The van der Waals surface area contributed by atoms with Crippen LogP contribution in [0.15, 0.2) is 41.6 Å². The van der Waals surface area contributed by atoms with Crippen LogP contribution in [0.25, 0.3) is 0 Å². The Morgan fingerprint density at radius 3 is 2.67 bits per heavy atom. The molecule has 0 aliphatic carbocycles. The molecule has 21 heavy (non-hydrogen) atoms. The van der Waals surface area contributed by atoms with Crippen LogP contribution in [-0.4, -0.2) is 15.3 Å². The van der Waals surface area contributed by atoms with Gasteiger partial charge < -0.3 is 4.57 Å².